The van der Waals surface area contributed by atoms with E-state index in [0.717, 1.165) is 0 Å². The van der Waals surface area contributed by atoms with E-state index in [2.05, 4.69) is 4.74 Å². The summed E-state index contributed by atoms with van der Waals surface area (Å²) >= 11 is 0. The first-order valence-corrected chi connectivity index (χ1v) is 4.67. The third kappa shape index (κ3) is 4.34. The van der Waals surface area contributed by atoms with Crippen LogP contribution in [0.1, 0.15) is 11.1 Å². The minimum absolute atomic E-state index is 0.488. The van der Waals surface area contributed by atoms with Crippen LogP contribution in [0.15, 0.2) is 18.2 Å². The summed E-state index contributed by atoms with van der Waals surface area (Å²) in [4.78, 5) is 10.5. The Labute approximate surface area is 102 Å². The highest BCUT2D eigenvalue weighted by molar-refractivity contribution is 5.72. The van der Waals surface area contributed by atoms with E-state index in [1.165, 1.54) is 0 Å². The molecule has 0 aliphatic carbocycles. The zero-order valence-electron chi connectivity index (χ0n) is 8.97. The van der Waals surface area contributed by atoms with Gasteiger partial charge in [0.05, 0.1) is 12.0 Å². The molecule has 0 amide bonds. The van der Waals surface area contributed by atoms with Crippen LogP contribution in [0.3, 0.4) is 0 Å². The average Bonchev–Trinajstić information content (AvgIpc) is 2.15. The van der Waals surface area contributed by atoms with Crippen molar-refractivity contribution in [2.75, 3.05) is 0 Å². The van der Waals surface area contributed by atoms with Crippen LogP contribution in [0.2, 0.25) is 0 Å². The Balaban J connectivity index is 3.34. The SMILES string of the molecule is O=C(O)Cc1c(OC(F)(F)F)cccc1C(F)(F)F. The van der Waals surface area contributed by atoms with E-state index in [1.807, 2.05) is 0 Å². The summed E-state index contributed by atoms with van der Waals surface area (Å²) in [5, 5.41) is 8.48. The molecule has 3 nitrogen and oxygen atoms in total. The number of rotatable bonds is 3. The molecule has 0 aliphatic heterocycles. The van der Waals surface area contributed by atoms with Crippen molar-refractivity contribution in [3.63, 3.8) is 0 Å². The van der Waals surface area contributed by atoms with Crippen LogP contribution in [0, 0.1) is 0 Å². The molecule has 0 radical (unpaired) electrons. The molecule has 1 N–H and O–H groups in total. The molecule has 0 spiro atoms. The van der Waals surface area contributed by atoms with Gasteiger partial charge in [-0.25, -0.2) is 0 Å². The van der Waals surface area contributed by atoms with Crippen LogP contribution >= 0.6 is 0 Å². The van der Waals surface area contributed by atoms with Gasteiger partial charge in [0, 0.05) is 5.56 Å². The van der Waals surface area contributed by atoms with Crippen molar-refractivity contribution < 1.29 is 41.0 Å². The highest BCUT2D eigenvalue weighted by Gasteiger charge is 2.38. The third-order valence-corrected chi connectivity index (χ3v) is 1.99. The zero-order valence-corrected chi connectivity index (χ0v) is 8.97. The maximum Gasteiger partial charge on any atom is 0.573 e. The summed E-state index contributed by atoms with van der Waals surface area (Å²) in [6.07, 6.45) is -11.4. The van der Waals surface area contributed by atoms with Crippen molar-refractivity contribution in [2.24, 2.45) is 0 Å². The molecule has 19 heavy (non-hydrogen) atoms. The van der Waals surface area contributed by atoms with Crippen molar-refractivity contribution >= 4 is 5.97 Å². The normalized spacial score (nSPS) is 12.3. The molecule has 0 saturated carbocycles. The fraction of sp³-hybridized carbons (Fsp3) is 0.300. The molecule has 0 atom stereocenters. The number of carboxylic acids is 1. The van der Waals surface area contributed by atoms with Gasteiger partial charge >= 0.3 is 18.5 Å². The van der Waals surface area contributed by atoms with E-state index in [9.17, 15) is 31.1 Å². The Bertz CT molecular complexity index is 477. The predicted octanol–water partition coefficient (Wildman–Crippen LogP) is 3.23. The van der Waals surface area contributed by atoms with Gasteiger partial charge < -0.3 is 9.84 Å². The largest absolute Gasteiger partial charge is 0.573 e. The highest BCUT2D eigenvalue weighted by Crippen LogP contribution is 2.37. The van der Waals surface area contributed by atoms with Gasteiger partial charge in [-0.1, -0.05) is 6.07 Å². The van der Waals surface area contributed by atoms with E-state index in [-0.39, 0.29) is 0 Å². The lowest BCUT2D eigenvalue weighted by Crippen LogP contribution is -2.21. The first-order valence-electron chi connectivity index (χ1n) is 4.67. The monoisotopic (exact) mass is 288 g/mol. The maximum atomic E-state index is 12.6. The van der Waals surface area contributed by atoms with E-state index in [1.54, 1.807) is 0 Å². The molecule has 106 valence electrons. The average molecular weight is 288 g/mol. The zero-order chi connectivity index (χ0) is 14.8. The lowest BCUT2D eigenvalue weighted by Gasteiger charge is -2.17. The Kier molecular flexibility index (Phi) is 3.97. The fourth-order valence-corrected chi connectivity index (χ4v) is 1.39. The Hall–Kier alpha value is -1.93. The summed E-state index contributed by atoms with van der Waals surface area (Å²) in [6.45, 7) is 0. The van der Waals surface area contributed by atoms with E-state index < -0.39 is 41.8 Å². The number of benzene rings is 1. The standard InChI is InChI=1S/C10H6F6O3/c11-9(12,13)6-2-1-3-7(19-10(14,15)16)5(6)4-8(17)18/h1-3H,4H2,(H,17,18). The number of hydrogen-bond donors (Lipinski definition) is 1. The summed E-state index contributed by atoms with van der Waals surface area (Å²) in [6, 6.07) is 1.82. The van der Waals surface area contributed by atoms with E-state index in [4.69, 9.17) is 5.11 Å². The Morgan fingerprint density at radius 2 is 1.74 bits per heavy atom. The number of carbonyl (C=O) groups is 1. The molecule has 1 aromatic carbocycles. The molecule has 1 rings (SSSR count). The van der Waals surface area contributed by atoms with Gasteiger partial charge in [-0.15, -0.1) is 13.2 Å². The van der Waals surface area contributed by atoms with Gasteiger partial charge in [0.15, 0.2) is 0 Å². The number of halogens is 6. The molecule has 0 heterocycles. The second kappa shape index (κ2) is 4.98. The molecule has 0 saturated heterocycles. The summed E-state index contributed by atoms with van der Waals surface area (Å²) in [5.41, 5.74) is -2.54. The van der Waals surface area contributed by atoms with Gasteiger partial charge in [0.2, 0.25) is 0 Å². The maximum absolute atomic E-state index is 12.6. The molecular weight excluding hydrogens is 282 g/mol. The minimum Gasteiger partial charge on any atom is -0.481 e. The topological polar surface area (TPSA) is 46.5 Å². The van der Waals surface area contributed by atoms with Crippen LogP contribution in [0.5, 0.6) is 5.75 Å². The van der Waals surface area contributed by atoms with Crippen LogP contribution in [0.4, 0.5) is 26.3 Å². The number of hydrogen-bond acceptors (Lipinski definition) is 2. The van der Waals surface area contributed by atoms with Crippen molar-refractivity contribution in [3.8, 4) is 5.75 Å². The van der Waals surface area contributed by atoms with Crippen LogP contribution < -0.4 is 4.74 Å². The molecule has 0 fully saturated rings. The molecular formula is C10H6F6O3. The molecule has 1 aromatic rings. The van der Waals surface area contributed by atoms with E-state index >= 15 is 0 Å². The molecule has 0 aliphatic rings. The first-order chi connectivity index (χ1) is 8.50. The van der Waals surface area contributed by atoms with Crippen LogP contribution in [0.25, 0.3) is 0 Å². The molecule has 0 bridgehead atoms. The van der Waals surface area contributed by atoms with Gasteiger partial charge in [0.25, 0.3) is 0 Å². The second-order valence-electron chi connectivity index (χ2n) is 3.40. The van der Waals surface area contributed by atoms with Crippen molar-refractivity contribution in [2.45, 2.75) is 19.0 Å². The minimum atomic E-state index is -5.21. The molecule has 0 aromatic heterocycles. The van der Waals surface area contributed by atoms with Gasteiger partial charge in [-0.3, -0.25) is 4.79 Å². The van der Waals surface area contributed by atoms with Crippen LogP contribution in [-0.2, 0) is 17.4 Å². The van der Waals surface area contributed by atoms with Crippen molar-refractivity contribution in [1.82, 2.24) is 0 Å². The predicted molar refractivity (Wildman–Crippen MR) is 49.5 cm³/mol. The highest BCUT2D eigenvalue weighted by atomic mass is 19.4. The lowest BCUT2D eigenvalue weighted by atomic mass is 10.0. The molecule has 0 unspecified atom stereocenters. The number of alkyl halides is 6. The van der Waals surface area contributed by atoms with Gasteiger partial charge in [0.1, 0.15) is 5.75 Å². The van der Waals surface area contributed by atoms with Crippen molar-refractivity contribution in [1.29, 1.82) is 0 Å². The van der Waals surface area contributed by atoms with Gasteiger partial charge in [-0.2, -0.15) is 13.2 Å². The fourth-order valence-electron chi connectivity index (χ4n) is 1.39. The second-order valence-corrected chi connectivity index (χ2v) is 3.40. The van der Waals surface area contributed by atoms with Gasteiger partial charge in [-0.05, 0) is 12.1 Å². The number of aliphatic carboxylic acids is 1. The third-order valence-electron chi connectivity index (χ3n) is 1.99. The van der Waals surface area contributed by atoms with E-state index in [0.29, 0.717) is 18.2 Å². The Morgan fingerprint density at radius 3 is 2.16 bits per heavy atom. The smallest absolute Gasteiger partial charge is 0.481 e. The molecule has 9 heteroatoms. The Morgan fingerprint density at radius 1 is 1.16 bits per heavy atom. The lowest BCUT2D eigenvalue weighted by molar-refractivity contribution is -0.275. The summed E-state index contributed by atoms with van der Waals surface area (Å²) in [7, 11) is 0. The quantitative estimate of drug-likeness (QED) is 0.869. The summed E-state index contributed by atoms with van der Waals surface area (Å²) < 4.78 is 77.3. The van der Waals surface area contributed by atoms with Crippen LogP contribution in [-0.4, -0.2) is 17.4 Å². The van der Waals surface area contributed by atoms with Crippen molar-refractivity contribution in [3.05, 3.63) is 29.3 Å². The summed E-state index contributed by atoms with van der Waals surface area (Å²) in [5.74, 6) is -2.88. The number of ether oxygens (including phenoxy) is 1. The first kappa shape index (κ1) is 15.1. The number of carboxylic acid groups (broad SMARTS) is 1.